The second-order valence-corrected chi connectivity index (χ2v) is 5.02. The lowest BCUT2D eigenvalue weighted by molar-refractivity contribution is 0.414. The number of hydrogen-bond donors (Lipinski definition) is 0. The van der Waals surface area contributed by atoms with Crippen LogP contribution in [0.4, 0.5) is 0 Å². The number of halogens is 3. The fraction of sp³-hybridized carbons (Fsp3) is 0.167. The molecule has 0 spiro atoms. The average Bonchev–Trinajstić information content (AvgIpc) is 2.75. The first-order valence-corrected chi connectivity index (χ1v) is 6.45. The molecule has 5 heteroatoms. The summed E-state index contributed by atoms with van der Waals surface area (Å²) in [7, 11) is 1.59. The van der Waals surface area contributed by atoms with Crippen LogP contribution >= 0.6 is 39.1 Å². The van der Waals surface area contributed by atoms with Crippen molar-refractivity contribution in [2.24, 2.45) is 0 Å². The van der Waals surface area contributed by atoms with Gasteiger partial charge in [0.05, 0.1) is 7.11 Å². The van der Waals surface area contributed by atoms with Gasteiger partial charge in [-0.2, -0.15) is 0 Å². The van der Waals surface area contributed by atoms with Gasteiger partial charge in [-0.1, -0.05) is 17.7 Å². The van der Waals surface area contributed by atoms with E-state index in [0.717, 1.165) is 5.56 Å². The number of hydrogen-bond acceptors (Lipinski definition) is 2. The van der Waals surface area contributed by atoms with E-state index >= 15 is 0 Å². The van der Waals surface area contributed by atoms with Crippen molar-refractivity contribution in [2.45, 2.75) is 5.38 Å². The van der Waals surface area contributed by atoms with Crippen molar-refractivity contribution in [3.8, 4) is 5.75 Å². The van der Waals surface area contributed by atoms with Gasteiger partial charge in [0.25, 0.3) is 0 Å². The van der Waals surface area contributed by atoms with Gasteiger partial charge in [0.15, 0.2) is 4.67 Å². The van der Waals surface area contributed by atoms with Gasteiger partial charge in [-0.25, -0.2) is 0 Å². The van der Waals surface area contributed by atoms with Crippen molar-refractivity contribution < 1.29 is 9.15 Å². The van der Waals surface area contributed by atoms with Gasteiger partial charge in [-0.05, 0) is 45.8 Å². The summed E-state index contributed by atoms with van der Waals surface area (Å²) in [6.07, 6.45) is 0. The molecule has 1 aromatic heterocycles. The largest absolute Gasteiger partial charge is 0.497 e. The minimum atomic E-state index is -0.417. The van der Waals surface area contributed by atoms with Crippen molar-refractivity contribution in [1.29, 1.82) is 0 Å². The SMILES string of the molecule is COc1ccc(C(Cl)c2ccc(Br)o2)c(Cl)c1. The minimum Gasteiger partial charge on any atom is -0.497 e. The lowest BCUT2D eigenvalue weighted by Gasteiger charge is -2.10. The lowest BCUT2D eigenvalue weighted by Crippen LogP contribution is -1.93. The third kappa shape index (κ3) is 2.79. The second kappa shape index (κ2) is 5.34. The Balaban J connectivity index is 2.34. The van der Waals surface area contributed by atoms with Crippen LogP contribution in [0, 0.1) is 0 Å². The summed E-state index contributed by atoms with van der Waals surface area (Å²) in [4.78, 5) is 0. The Bertz CT molecular complexity index is 525. The standard InChI is InChI=1S/C12H9BrCl2O2/c1-16-7-2-3-8(9(14)6-7)12(15)10-4-5-11(13)17-10/h2-6,12H,1H3. The van der Waals surface area contributed by atoms with Gasteiger partial charge in [0.2, 0.25) is 0 Å². The van der Waals surface area contributed by atoms with Crippen molar-refractivity contribution in [1.82, 2.24) is 0 Å². The Morgan fingerprint density at radius 1 is 1.29 bits per heavy atom. The monoisotopic (exact) mass is 334 g/mol. The molecule has 0 aliphatic carbocycles. The molecule has 2 rings (SSSR count). The molecule has 2 aromatic rings. The number of benzene rings is 1. The molecule has 0 amide bonds. The van der Waals surface area contributed by atoms with Gasteiger partial charge in [0, 0.05) is 5.02 Å². The summed E-state index contributed by atoms with van der Waals surface area (Å²) in [5, 5.41) is 0.136. The Kier molecular flexibility index (Phi) is 4.02. The van der Waals surface area contributed by atoms with Gasteiger partial charge in [-0.3, -0.25) is 0 Å². The molecule has 0 aliphatic heterocycles. The summed E-state index contributed by atoms with van der Waals surface area (Å²) in [6.45, 7) is 0. The Labute approximate surface area is 118 Å². The zero-order chi connectivity index (χ0) is 12.4. The van der Waals surface area contributed by atoms with Crippen LogP contribution in [0.25, 0.3) is 0 Å². The maximum atomic E-state index is 6.31. The quantitative estimate of drug-likeness (QED) is 0.734. The maximum Gasteiger partial charge on any atom is 0.169 e. The van der Waals surface area contributed by atoms with E-state index in [2.05, 4.69) is 15.9 Å². The number of ether oxygens (including phenoxy) is 1. The molecule has 1 unspecified atom stereocenters. The number of methoxy groups -OCH3 is 1. The molecule has 1 atom stereocenters. The fourth-order valence-electron chi connectivity index (χ4n) is 1.46. The Hall–Kier alpha value is -0.640. The van der Waals surface area contributed by atoms with E-state index in [0.29, 0.717) is 21.2 Å². The van der Waals surface area contributed by atoms with Crippen LogP contribution in [0.2, 0.25) is 5.02 Å². The summed E-state index contributed by atoms with van der Waals surface area (Å²) in [5.41, 5.74) is 0.788. The number of rotatable bonds is 3. The van der Waals surface area contributed by atoms with Gasteiger partial charge < -0.3 is 9.15 Å². The van der Waals surface area contributed by atoms with Crippen LogP contribution in [-0.4, -0.2) is 7.11 Å². The number of furan rings is 1. The molecule has 0 fully saturated rings. The van der Waals surface area contributed by atoms with E-state index in [-0.39, 0.29) is 0 Å². The Morgan fingerprint density at radius 3 is 2.59 bits per heavy atom. The van der Waals surface area contributed by atoms with E-state index in [1.54, 1.807) is 19.2 Å². The van der Waals surface area contributed by atoms with Crippen molar-refractivity contribution >= 4 is 39.1 Å². The summed E-state index contributed by atoms with van der Waals surface area (Å²) < 4.78 is 11.1. The fourth-order valence-corrected chi connectivity index (χ4v) is 2.42. The first kappa shape index (κ1) is 12.8. The highest BCUT2D eigenvalue weighted by atomic mass is 79.9. The van der Waals surface area contributed by atoms with E-state index in [1.165, 1.54) is 0 Å². The topological polar surface area (TPSA) is 22.4 Å². The molecule has 0 saturated carbocycles. The third-order valence-corrected chi connectivity index (χ3v) is 3.53. The van der Waals surface area contributed by atoms with Gasteiger partial charge >= 0.3 is 0 Å². The average molecular weight is 336 g/mol. The molecular weight excluding hydrogens is 327 g/mol. The van der Waals surface area contributed by atoms with E-state index in [9.17, 15) is 0 Å². The molecule has 0 saturated heterocycles. The molecular formula is C12H9BrCl2O2. The van der Waals surface area contributed by atoms with Crippen molar-refractivity contribution in [3.63, 3.8) is 0 Å². The molecule has 17 heavy (non-hydrogen) atoms. The minimum absolute atomic E-state index is 0.417. The van der Waals surface area contributed by atoms with E-state index in [4.69, 9.17) is 32.4 Å². The first-order chi connectivity index (χ1) is 8.11. The van der Waals surface area contributed by atoms with Crippen molar-refractivity contribution in [2.75, 3.05) is 7.11 Å². The molecule has 1 aromatic carbocycles. The van der Waals surface area contributed by atoms with Crippen LogP contribution in [0.3, 0.4) is 0 Å². The van der Waals surface area contributed by atoms with Crippen molar-refractivity contribution in [3.05, 3.63) is 51.3 Å². The predicted molar refractivity (Wildman–Crippen MR) is 72.1 cm³/mol. The predicted octanol–water partition coefficient (Wildman–Crippen LogP) is 5.03. The smallest absolute Gasteiger partial charge is 0.169 e. The Morgan fingerprint density at radius 2 is 2.06 bits per heavy atom. The molecule has 0 aliphatic rings. The number of alkyl halides is 1. The molecule has 1 heterocycles. The zero-order valence-corrected chi connectivity index (χ0v) is 12.0. The summed E-state index contributed by atoms with van der Waals surface area (Å²) in [5.74, 6) is 1.34. The van der Waals surface area contributed by atoms with E-state index in [1.807, 2.05) is 18.2 Å². The van der Waals surface area contributed by atoms with Crippen LogP contribution < -0.4 is 4.74 Å². The highest BCUT2D eigenvalue weighted by molar-refractivity contribution is 9.10. The third-order valence-electron chi connectivity index (χ3n) is 2.32. The summed E-state index contributed by atoms with van der Waals surface area (Å²) >= 11 is 15.7. The lowest BCUT2D eigenvalue weighted by atomic mass is 10.1. The summed E-state index contributed by atoms with van der Waals surface area (Å²) in [6, 6.07) is 8.97. The highest BCUT2D eigenvalue weighted by Gasteiger charge is 2.18. The van der Waals surface area contributed by atoms with E-state index < -0.39 is 5.38 Å². The van der Waals surface area contributed by atoms with Crippen LogP contribution in [0.1, 0.15) is 16.7 Å². The van der Waals surface area contributed by atoms with Gasteiger partial charge in [-0.15, -0.1) is 11.6 Å². The first-order valence-electron chi connectivity index (χ1n) is 4.84. The molecule has 0 bridgehead atoms. The maximum absolute atomic E-state index is 6.31. The molecule has 2 nitrogen and oxygen atoms in total. The van der Waals surface area contributed by atoms with Crippen LogP contribution in [-0.2, 0) is 0 Å². The molecule has 90 valence electrons. The molecule has 0 radical (unpaired) electrons. The zero-order valence-electron chi connectivity index (χ0n) is 8.91. The highest BCUT2D eigenvalue weighted by Crippen LogP contribution is 2.36. The molecule has 0 N–H and O–H groups in total. The normalized spacial score (nSPS) is 12.5. The van der Waals surface area contributed by atoms with Gasteiger partial charge in [0.1, 0.15) is 16.9 Å². The second-order valence-electron chi connectivity index (χ2n) is 3.39. The van der Waals surface area contributed by atoms with Crippen LogP contribution in [0.5, 0.6) is 5.75 Å². The van der Waals surface area contributed by atoms with Crippen LogP contribution in [0.15, 0.2) is 39.4 Å².